The van der Waals surface area contributed by atoms with E-state index in [1.165, 1.54) is 24.2 Å². The zero-order valence-corrected chi connectivity index (χ0v) is 13.0. The lowest BCUT2D eigenvalue weighted by molar-refractivity contribution is 0.343. The van der Waals surface area contributed by atoms with E-state index in [-0.39, 0.29) is 5.41 Å². The topological polar surface area (TPSA) is 60.2 Å². The second kappa shape index (κ2) is 4.58. The standard InChI is InChI=1S/C15H21N3OS/c1-15(2,3)11-8-20-14(17-11)12-10(19)7-18(13(12)16)6-9-4-5-9/h8-9,16,19H,4-7H2,1-3H3. The van der Waals surface area contributed by atoms with Crippen LogP contribution in [0.1, 0.15) is 44.3 Å². The van der Waals surface area contributed by atoms with Crippen LogP contribution in [-0.4, -0.2) is 33.9 Å². The van der Waals surface area contributed by atoms with E-state index < -0.39 is 0 Å². The summed E-state index contributed by atoms with van der Waals surface area (Å²) in [7, 11) is 0. The third-order valence-corrected chi connectivity index (χ3v) is 4.70. The SMILES string of the molecule is CC(C)(C)c1csc(C2=C(O)CN(CC3CC3)C2=N)n1. The Kier molecular flexibility index (Phi) is 3.12. The average molecular weight is 291 g/mol. The molecule has 0 unspecified atom stereocenters. The lowest BCUT2D eigenvalue weighted by Crippen LogP contribution is -2.28. The Bertz CT molecular complexity index is 578. The first-order valence-electron chi connectivity index (χ1n) is 7.08. The molecule has 1 saturated carbocycles. The van der Waals surface area contributed by atoms with E-state index in [2.05, 4.69) is 25.8 Å². The van der Waals surface area contributed by atoms with Crippen molar-refractivity contribution >= 4 is 22.7 Å². The molecule has 2 heterocycles. The van der Waals surface area contributed by atoms with Crippen molar-refractivity contribution in [2.75, 3.05) is 13.1 Å². The van der Waals surface area contributed by atoms with Gasteiger partial charge in [0.15, 0.2) is 0 Å². The van der Waals surface area contributed by atoms with Crippen LogP contribution in [0.25, 0.3) is 5.57 Å². The van der Waals surface area contributed by atoms with Gasteiger partial charge in [0.2, 0.25) is 0 Å². The number of aromatic nitrogens is 1. The lowest BCUT2D eigenvalue weighted by atomic mass is 9.93. The normalized spacial score (nSPS) is 20.1. The molecule has 0 amide bonds. The Morgan fingerprint density at radius 1 is 1.45 bits per heavy atom. The Morgan fingerprint density at radius 2 is 2.15 bits per heavy atom. The molecule has 5 heteroatoms. The molecule has 0 spiro atoms. The molecule has 20 heavy (non-hydrogen) atoms. The van der Waals surface area contributed by atoms with Gasteiger partial charge in [0.25, 0.3) is 0 Å². The summed E-state index contributed by atoms with van der Waals surface area (Å²) in [5.74, 6) is 1.44. The van der Waals surface area contributed by atoms with Gasteiger partial charge in [-0.2, -0.15) is 0 Å². The predicted molar refractivity (Wildman–Crippen MR) is 82.4 cm³/mol. The molecule has 1 aliphatic heterocycles. The third kappa shape index (κ3) is 2.46. The number of amidine groups is 1. The molecular formula is C15H21N3OS. The molecule has 4 nitrogen and oxygen atoms in total. The Labute approximate surface area is 123 Å². The third-order valence-electron chi connectivity index (χ3n) is 3.84. The Hall–Kier alpha value is -1.36. The van der Waals surface area contributed by atoms with Gasteiger partial charge in [0.1, 0.15) is 16.6 Å². The maximum absolute atomic E-state index is 10.2. The van der Waals surface area contributed by atoms with Gasteiger partial charge < -0.3 is 10.0 Å². The molecule has 1 aromatic heterocycles. The van der Waals surface area contributed by atoms with Crippen LogP contribution in [-0.2, 0) is 5.41 Å². The summed E-state index contributed by atoms with van der Waals surface area (Å²) in [4.78, 5) is 6.60. The number of hydrogen-bond acceptors (Lipinski definition) is 4. The summed E-state index contributed by atoms with van der Waals surface area (Å²) in [6, 6.07) is 0. The average Bonchev–Trinajstić information content (AvgIpc) is 2.92. The van der Waals surface area contributed by atoms with Gasteiger partial charge in [-0.25, -0.2) is 4.98 Å². The summed E-state index contributed by atoms with van der Waals surface area (Å²) in [6.07, 6.45) is 2.51. The minimum absolute atomic E-state index is 0.000572. The Balaban J connectivity index is 1.83. The van der Waals surface area contributed by atoms with Crippen LogP contribution in [0.5, 0.6) is 0 Å². The van der Waals surface area contributed by atoms with Crippen LogP contribution in [0.3, 0.4) is 0 Å². The van der Waals surface area contributed by atoms with Crippen molar-refractivity contribution < 1.29 is 5.11 Å². The van der Waals surface area contributed by atoms with Crippen molar-refractivity contribution in [1.29, 1.82) is 5.41 Å². The number of aliphatic hydroxyl groups is 1. The minimum atomic E-state index is -0.000572. The van der Waals surface area contributed by atoms with Gasteiger partial charge in [-0.15, -0.1) is 11.3 Å². The quantitative estimate of drug-likeness (QED) is 0.897. The van der Waals surface area contributed by atoms with Crippen LogP contribution in [0.2, 0.25) is 0 Å². The van der Waals surface area contributed by atoms with Crippen LogP contribution < -0.4 is 0 Å². The second-order valence-corrected chi connectivity index (χ2v) is 7.64. The van der Waals surface area contributed by atoms with Gasteiger partial charge in [-0.05, 0) is 18.8 Å². The highest BCUT2D eigenvalue weighted by Crippen LogP contribution is 2.35. The molecule has 0 saturated heterocycles. The molecule has 2 aliphatic rings. The molecule has 3 rings (SSSR count). The maximum Gasteiger partial charge on any atom is 0.135 e. The molecule has 0 bridgehead atoms. The Morgan fingerprint density at radius 3 is 2.70 bits per heavy atom. The fourth-order valence-electron chi connectivity index (χ4n) is 2.36. The zero-order chi connectivity index (χ0) is 14.5. The monoisotopic (exact) mass is 291 g/mol. The number of nitrogens with one attached hydrogen (secondary N) is 1. The number of nitrogens with zero attached hydrogens (tertiary/aromatic N) is 2. The minimum Gasteiger partial charge on any atom is -0.510 e. The van der Waals surface area contributed by atoms with Crippen molar-refractivity contribution in [3.05, 3.63) is 21.8 Å². The van der Waals surface area contributed by atoms with E-state index in [4.69, 9.17) is 5.41 Å². The maximum atomic E-state index is 10.2. The summed E-state index contributed by atoms with van der Waals surface area (Å²) >= 11 is 1.52. The first kappa shape index (κ1) is 13.6. The van der Waals surface area contributed by atoms with Crippen LogP contribution in [0.4, 0.5) is 0 Å². The molecule has 0 radical (unpaired) electrons. The van der Waals surface area contributed by atoms with E-state index in [1.807, 2.05) is 10.3 Å². The van der Waals surface area contributed by atoms with Crippen molar-refractivity contribution in [3.8, 4) is 0 Å². The van der Waals surface area contributed by atoms with Gasteiger partial charge in [0.05, 0.1) is 17.8 Å². The summed E-state index contributed by atoms with van der Waals surface area (Å²) in [5.41, 5.74) is 1.65. The van der Waals surface area contributed by atoms with E-state index in [1.54, 1.807) is 0 Å². The molecule has 1 aromatic rings. The molecular weight excluding hydrogens is 270 g/mol. The lowest BCUT2D eigenvalue weighted by Gasteiger charge is -2.17. The highest BCUT2D eigenvalue weighted by molar-refractivity contribution is 7.11. The molecule has 0 aromatic carbocycles. The predicted octanol–water partition coefficient (Wildman–Crippen LogP) is 3.41. The number of aliphatic hydroxyl groups excluding tert-OH is 1. The smallest absolute Gasteiger partial charge is 0.135 e. The number of rotatable bonds is 3. The van der Waals surface area contributed by atoms with E-state index in [0.717, 1.165) is 17.2 Å². The second-order valence-electron chi connectivity index (χ2n) is 6.78. The van der Waals surface area contributed by atoms with Gasteiger partial charge in [0, 0.05) is 17.3 Å². The van der Waals surface area contributed by atoms with Gasteiger partial charge >= 0.3 is 0 Å². The fraction of sp³-hybridized carbons (Fsp3) is 0.600. The van der Waals surface area contributed by atoms with E-state index in [9.17, 15) is 5.11 Å². The molecule has 0 atom stereocenters. The van der Waals surface area contributed by atoms with Crippen molar-refractivity contribution in [3.63, 3.8) is 0 Å². The zero-order valence-electron chi connectivity index (χ0n) is 12.2. The van der Waals surface area contributed by atoms with Crippen molar-refractivity contribution in [1.82, 2.24) is 9.88 Å². The number of hydrogen-bond donors (Lipinski definition) is 2. The molecule has 1 fully saturated rings. The number of thiazole rings is 1. The van der Waals surface area contributed by atoms with Gasteiger partial charge in [-0.1, -0.05) is 20.8 Å². The van der Waals surface area contributed by atoms with Gasteiger partial charge in [-0.3, -0.25) is 5.41 Å². The molecule has 1 aliphatic carbocycles. The fourth-order valence-corrected chi connectivity index (χ4v) is 3.47. The first-order chi connectivity index (χ1) is 9.36. The van der Waals surface area contributed by atoms with Crippen LogP contribution in [0, 0.1) is 11.3 Å². The summed E-state index contributed by atoms with van der Waals surface area (Å²) in [6.45, 7) is 7.73. The molecule has 2 N–H and O–H groups in total. The van der Waals surface area contributed by atoms with E-state index >= 15 is 0 Å². The summed E-state index contributed by atoms with van der Waals surface area (Å²) < 4.78 is 0. The van der Waals surface area contributed by atoms with Crippen molar-refractivity contribution in [2.45, 2.75) is 39.0 Å². The summed E-state index contributed by atoms with van der Waals surface area (Å²) in [5, 5.41) is 21.3. The van der Waals surface area contributed by atoms with Crippen LogP contribution in [0.15, 0.2) is 11.1 Å². The molecule has 108 valence electrons. The highest BCUT2D eigenvalue weighted by Gasteiger charge is 2.34. The van der Waals surface area contributed by atoms with Crippen LogP contribution >= 0.6 is 11.3 Å². The largest absolute Gasteiger partial charge is 0.510 e. The van der Waals surface area contributed by atoms with E-state index in [0.29, 0.717) is 29.6 Å². The first-order valence-corrected chi connectivity index (χ1v) is 7.96. The highest BCUT2D eigenvalue weighted by atomic mass is 32.1. The van der Waals surface area contributed by atoms with Crippen molar-refractivity contribution in [2.24, 2.45) is 5.92 Å².